The first-order chi connectivity index (χ1) is 12.0. The number of nitrogens with zero attached hydrogens (tertiary/aromatic N) is 2. The van der Waals surface area contributed by atoms with Crippen LogP contribution in [-0.2, 0) is 0 Å². The molecule has 0 atom stereocenters. The van der Waals surface area contributed by atoms with E-state index in [-0.39, 0.29) is 5.56 Å². The van der Waals surface area contributed by atoms with Crippen molar-refractivity contribution in [1.82, 2.24) is 9.97 Å². The molecule has 0 aliphatic rings. The number of carboxylic acid groups (broad SMARTS) is 1. The van der Waals surface area contributed by atoms with Crippen molar-refractivity contribution >= 4 is 40.6 Å². The van der Waals surface area contributed by atoms with Crippen molar-refractivity contribution in [3.05, 3.63) is 71.0 Å². The van der Waals surface area contributed by atoms with E-state index in [9.17, 15) is 9.90 Å². The minimum absolute atomic E-state index is 0.171. The Balaban J connectivity index is 1.84. The average molecular weight is 355 g/mol. The summed E-state index contributed by atoms with van der Waals surface area (Å²) in [6.45, 7) is 1.94. The molecule has 0 saturated carbocycles. The van der Waals surface area contributed by atoms with Crippen LogP contribution >= 0.6 is 11.6 Å². The van der Waals surface area contributed by atoms with Crippen molar-refractivity contribution in [2.24, 2.45) is 0 Å². The summed E-state index contributed by atoms with van der Waals surface area (Å²) < 4.78 is 0. The normalized spacial score (nSPS) is 10.3. The zero-order valence-corrected chi connectivity index (χ0v) is 14.1. The first-order valence-corrected chi connectivity index (χ1v) is 7.85. The smallest absolute Gasteiger partial charge is 0.337 e. The number of benzene rings is 2. The molecule has 0 radical (unpaired) electrons. The van der Waals surface area contributed by atoms with E-state index in [1.807, 2.05) is 19.1 Å². The lowest BCUT2D eigenvalue weighted by atomic mass is 10.2. The van der Waals surface area contributed by atoms with Crippen LogP contribution in [0.4, 0.5) is 23.0 Å². The third kappa shape index (κ3) is 4.05. The van der Waals surface area contributed by atoms with Crippen molar-refractivity contribution in [1.29, 1.82) is 0 Å². The maximum atomic E-state index is 11.3. The van der Waals surface area contributed by atoms with E-state index < -0.39 is 5.97 Å². The SMILES string of the molecule is Cc1cc(Cl)ccc1Nc1cc(Nc2ccccc2C(=O)O)ncn1. The Morgan fingerprint density at radius 1 is 1.00 bits per heavy atom. The number of carboxylic acids is 1. The summed E-state index contributed by atoms with van der Waals surface area (Å²) in [6.07, 6.45) is 1.40. The molecule has 0 spiro atoms. The number of aromatic nitrogens is 2. The van der Waals surface area contributed by atoms with Gasteiger partial charge in [0.1, 0.15) is 18.0 Å². The van der Waals surface area contributed by atoms with Gasteiger partial charge in [0.2, 0.25) is 0 Å². The van der Waals surface area contributed by atoms with Crippen LogP contribution in [0.2, 0.25) is 5.02 Å². The van der Waals surface area contributed by atoms with E-state index in [1.54, 1.807) is 30.3 Å². The predicted octanol–water partition coefficient (Wildman–Crippen LogP) is 4.62. The molecule has 7 heteroatoms. The summed E-state index contributed by atoms with van der Waals surface area (Å²) >= 11 is 5.96. The first kappa shape index (κ1) is 16.7. The summed E-state index contributed by atoms with van der Waals surface area (Å²) in [6, 6.07) is 13.9. The highest BCUT2D eigenvalue weighted by molar-refractivity contribution is 6.30. The van der Waals surface area contributed by atoms with E-state index in [2.05, 4.69) is 20.6 Å². The number of hydrogen-bond donors (Lipinski definition) is 3. The lowest BCUT2D eigenvalue weighted by molar-refractivity contribution is 0.0698. The molecule has 3 rings (SSSR count). The van der Waals surface area contributed by atoms with E-state index in [0.717, 1.165) is 11.3 Å². The summed E-state index contributed by atoms with van der Waals surface area (Å²) in [5.41, 5.74) is 2.49. The van der Waals surface area contributed by atoms with E-state index in [0.29, 0.717) is 22.3 Å². The molecule has 0 unspecified atom stereocenters. The second-order valence-corrected chi connectivity index (χ2v) is 5.78. The van der Waals surface area contributed by atoms with Crippen molar-refractivity contribution in [2.75, 3.05) is 10.6 Å². The van der Waals surface area contributed by atoms with Gasteiger partial charge in [-0.3, -0.25) is 0 Å². The average Bonchev–Trinajstić information content (AvgIpc) is 2.58. The Morgan fingerprint density at radius 3 is 2.36 bits per heavy atom. The zero-order valence-electron chi connectivity index (χ0n) is 13.3. The summed E-state index contributed by atoms with van der Waals surface area (Å²) in [4.78, 5) is 19.6. The lowest BCUT2D eigenvalue weighted by Crippen LogP contribution is -2.04. The fraction of sp³-hybridized carbons (Fsp3) is 0.0556. The standard InChI is InChI=1S/C18H15ClN4O2/c1-11-8-12(19)6-7-14(11)22-16-9-17(21-10-20-16)23-15-5-3-2-4-13(15)18(24)25/h2-10H,1H3,(H,24,25)(H2,20,21,22,23). The van der Waals surface area contributed by atoms with Gasteiger partial charge in [-0.1, -0.05) is 23.7 Å². The molecule has 0 saturated heterocycles. The topological polar surface area (TPSA) is 87.1 Å². The minimum atomic E-state index is -1.01. The number of carbonyl (C=O) groups is 1. The Kier molecular flexibility index (Phi) is 4.81. The van der Waals surface area contributed by atoms with Gasteiger partial charge in [0, 0.05) is 16.8 Å². The predicted molar refractivity (Wildman–Crippen MR) is 98.2 cm³/mol. The maximum Gasteiger partial charge on any atom is 0.337 e. The van der Waals surface area contributed by atoms with E-state index in [1.165, 1.54) is 12.4 Å². The van der Waals surface area contributed by atoms with Crippen molar-refractivity contribution in [3.8, 4) is 0 Å². The summed E-state index contributed by atoms with van der Waals surface area (Å²) in [5, 5.41) is 16.1. The molecule has 126 valence electrons. The molecule has 3 N–H and O–H groups in total. The van der Waals surface area contributed by atoms with Gasteiger partial charge >= 0.3 is 5.97 Å². The number of nitrogens with one attached hydrogen (secondary N) is 2. The third-order valence-electron chi connectivity index (χ3n) is 3.54. The van der Waals surface area contributed by atoms with Crippen LogP contribution in [0.1, 0.15) is 15.9 Å². The number of rotatable bonds is 5. The zero-order chi connectivity index (χ0) is 17.8. The number of anilines is 4. The number of halogens is 1. The van der Waals surface area contributed by atoms with Crippen LogP contribution in [0.15, 0.2) is 54.9 Å². The van der Waals surface area contributed by atoms with Crippen molar-refractivity contribution in [2.45, 2.75) is 6.92 Å². The molecule has 2 aromatic carbocycles. The second-order valence-electron chi connectivity index (χ2n) is 5.35. The summed E-state index contributed by atoms with van der Waals surface area (Å²) in [7, 11) is 0. The van der Waals surface area contributed by atoms with Crippen LogP contribution in [0.5, 0.6) is 0 Å². The van der Waals surface area contributed by atoms with Gasteiger partial charge in [-0.15, -0.1) is 0 Å². The molecule has 6 nitrogen and oxygen atoms in total. The van der Waals surface area contributed by atoms with E-state index >= 15 is 0 Å². The first-order valence-electron chi connectivity index (χ1n) is 7.47. The van der Waals surface area contributed by atoms with Gasteiger partial charge in [-0.25, -0.2) is 14.8 Å². The molecule has 0 bridgehead atoms. The Bertz CT molecular complexity index is 930. The molecule has 1 aromatic heterocycles. The second kappa shape index (κ2) is 7.19. The molecule has 25 heavy (non-hydrogen) atoms. The maximum absolute atomic E-state index is 11.3. The number of aromatic carboxylic acids is 1. The molecule has 0 amide bonds. The quantitative estimate of drug-likeness (QED) is 0.619. The van der Waals surface area contributed by atoms with Crippen LogP contribution in [0.25, 0.3) is 0 Å². The third-order valence-corrected chi connectivity index (χ3v) is 3.77. The van der Waals surface area contributed by atoms with Gasteiger partial charge in [0.15, 0.2) is 0 Å². The highest BCUT2D eigenvalue weighted by Gasteiger charge is 2.10. The monoisotopic (exact) mass is 354 g/mol. The highest BCUT2D eigenvalue weighted by atomic mass is 35.5. The molecule has 0 aliphatic heterocycles. The largest absolute Gasteiger partial charge is 0.478 e. The van der Waals surface area contributed by atoms with Crippen LogP contribution in [-0.4, -0.2) is 21.0 Å². The highest BCUT2D eigenvalue weighted by Crippen LogP contribution is 2.25. The molecule has 1 heterocycles. The number of hydrogen-bond acceptors (Lipinski definition) is 5. The summed E-state index contributed by atoms with van der Waals surface area (Å²) in [5.74, 6) is 0.0563. The van der Waals surface area contributed by atoms with Crippen LogP contribution in [0.3, 0.4) is 0 Å². The number of aryl methyl sites for hydroxylation is 1. The fourth-order valence-electron chi connectivity index (χ4n) is 2.32. The van der Waals surface area contributed by atoms with Gasteiger partial charge < -0.3 is 15.7 Å². The molecule has 0 fully saturated rings. The Labute approximate surface area is 149 Å². The Morgan fingerprint density at radius 2 is 1.68 bits per heavy atom. The molecular weight excluding hydrogens is 340 g/mol. The Hall–Kier alpha value is -3.12. The van der Waals surface area contributed by atoms with Gasteiger partial charge in [0.25, 0.3) is 0 Å². The van der Waals surface area contributed by atoms with Crippen LogP contribution in [0, 0.1) is 6.92 Å². The van der Waals surface area contributed by atoms with Crippen LogP contribution < -0.4 is 10.6 Å². The minimum Gasteiger partial charge on any atom is -0.478 e. The molecule has 3 aromatic rings. The van der Waals surface area contributed by atoms with Gasteiger partial charge in [0.05, 0.1) is 11.3 Å². The van der Waals surface area contributed by atoms with Crippen molar-refractivity contribution < 1.29 is 9.90 Å². The van der Waals surface area contributed by atoms with Gasteiger partial charge in [-0.2, -0.15) is 0 Å². The van der Waals surface area contributed by atoms with Crippen molar-refractivity contribution in [3.63, 3.8) is 0 Å². The fourth-order valence-corrected chi connectivity index (χ4v) is 2.54. The van der Waals surface area contributed by atoms with E-state index in [4.69, 9.17) is 11.6 Å². The number of para-hydroxylation sites is 1. The molecule has 0 aliphatic carbocycles. The molecular formula is C18H15ClN4O2. The van der Waals surface area contributed by atoms with Gasteiger partial charge in [-0.05, 0) is 42.8 Å². The lowest BCUT2D eigenvalue weighted by Gasteiger charge is -2.11.